The smallest absolute Gasteiger partial charge is 0.118 e. The van der Waals surface area contributed by atoms with E-state index in [0.29, 0.717) is 0 Å². The second-order valence-corrected chi connectivity index (χ2v) is 4.51. The molecule has 0 aliphatic carbocycles. The molecule has 0 bridgehead atoms. The van der Waals surface area contributed by atoms with Gasteiger partial charge in [0.2, 0.25) is 0 Å². The number of hydrogen-bond donors (Lipinski definition) is 1. The average molecular weight is 271 g/mol. The number of ether oxygens (including phenoxy) is 1. The molecule has 1 aromatic carbocycles. The second kappa shape index (κ2) is 6.47. The van der Waals surface area contributed by atoms with Crippen LogP contribution >= 0.6 is 23.7 Å². The Kier molecular flexibility index (Phi) is 5.25. The molecule has 3 nitrogen and oxygen atoms in total. The van der Waals surface area contributed by atoms with E-state index in [9.17, 15) is 0 Å². The standard InChI is InChI=1S/C12H14N2OS.ClH/c1-13-12-8-14-11(16-12)7-9-3-5-10(15-2)6-4-9;/h3-6,8,13H,7H2,1-2H3;1H. The van der Waals surface area contributed by atoms with Gasteiger partial charge >= 0.3 is 0 Å². The summed E-state index contributed by atoms with van der Waals surface area (Å²) in [5, 5.41) is 5.31. The molecule has 0 radical (unpaired) electrons. The zero-order valence-electron chi connectivity index (χ0n) is 9.77. The van der Waals surface area contributed by atoms with Crippen molar-refractivity contribution in [2.45, 2.75) is 6.42 Å². The summed E-state index contributed by atoms with van der Waals surface area (Å²) in [6, 6.07) is 8.09. The van der Waals surface area contributed by atoms with Gasteiger partial charge in [0.1, 0.15) is 10.8 Å². The first-order valence-electron chi connectivity index (χ1n) is 5.07. The van der Waals surface area contributed by atoms with Gasteiger partial charge in [0.25, 0.3) is 0 Å². The number of thiazole rings is 1. The largest absolute Gasteiger partial charge is 0.497 e. The highest BCUT2D eigenvalue weighted by Gasteiger charge is 2.02. The maximum atomic E-state index is 5.12. The predicted molar refractivity (Wildman–Crippen MR) is 74.7 cm³/mol. The molecule has 0 amide bonds. The minimum Gasteiger partial charge on any atom is -0.497 e. The monoisotopic (exact) mass is 270 g/mol. The summed E-state index contributed by atoms with van der Waals surface area (Å²) in [7, 11) is 3.58. The van der Waals surface area contributed by atoms with E-state index in [1.54, 1.807) is 18.4 Å². The molecule has 1 N–H and O–H groups in total. The van der Waals surface area contributed by atoms with Crippen molar-refractivity contribution in [3.05, 3.63) is 41.0 Å². The lowest BCUT2D eigenvalue weighted by atomic mass is 10.1. The van der Waals surface area contributed by atoms with Gasteiger partial charge in [-0.2, -0.15) is 0 Å². The third kappa shape index (κ3) is 3.61. The molecule has 0 spiro atoms. The van der Waals surface area contributed by atoms with Gasteiger partial charge in [-0.25, -0.2) is 4.98 Å². The highest BCUT2D eigenvalue weighted by molar-refractivity contribution is 7.15. The summed E-state index contributed by atoms with van der Waals surface area (Å²) in [6.45, 7) is 0. The topological polar surface area (TPSA) is 34.2 Å². The molecule has 0 aliphatic heterocycles. The molecular weight excluding hydrogens is 256 g/mol. The van der Waals surface area contributed by atoms with Crippen molar-refractivity contribution in [1.29, 1.82) is 0 Å². The molecule has 0 saturated heterocycles. The Morgan fingerprint density at radius 2 is 2.00 bits per heavy atom. The Morgan fingerprint density at radius 1 is 1.29 bits per heavy atom. The van der Waals surface area contributed by atoms with Crippen LogP contribution in [0.25, 0.3) is 0 Å². The third-order valence-corrected chi connectivity index (χ3v) is 3.33. The van der Waals surface area contributed by atoms with E-state index in [0.717, 1.165) is 22.2 Å². The van der Waals surface area contributed by atoms with Gasteiger partial charge < -0.3 is 10.1 Å². The van der Waals surface area contributed by atoms with Crippen LogP contribution in [0.3, 0.4) is 0 Å². The molecule has 5 heteroatoms. The molecule has 0 fully saturated rings. The van der Waals surface area contributed by atoms with Crippen LogP contribution in [-0.4, -0.2) is 19.1 Å². The van der Waals surface area contributed by atoms with Crippen LogP contribution in [0.15, 0.2) is 30.5 Å². The number of rotatable bonds is 4. The van der Waals surface area contributed by atoms with Crippen LogP contribution in [0.2, 0.25) is 0 Å². The van der Waals surface area contributed by atoms with Gasteiger partial charge in [0.15, 0.2) is 0 Å². The van der Waals surface area contributed by atoms with E-state index in [2.05, 4.69) is 22.4 Å². The van der Waals surface area contributed by atoms with E-state index in [-0.39, 0.29) is 12.4 Å². The molecule has 17 heavy (non-hydrogen) atoms. The van der Waals surface area contributed by atoms with Gasteiger partial charge in [-0.15, -0.1) is 23.7 Å². The van der Waals surface area contributed by atoms with E-state index in [1.165, 1.54) is 5.56 Å². The number of hydrogen-bond acceptors (Lipinski definition) is 4. The molecule has 0 saturated carbocycles. The second-order valence-electron chi connectivity index (χ2n) is 3.39. The van der Waals surface area contributed by atoms with Crippen molar-refractivity contribution in [2.24, 2.45) is 0 Å². The Hall–Kier alpha value is -1.26. The van der Waals surface area contributed by atoms with Crippen molar-refractivity contribution < 1.29 is 4.74 Å². The van der Waals surface area contributed by atoms with Gasteiger partial charge in [-0.3, -0.25) is 0 Å². The molecular formula is C12H15ClN2OS. The van der Waals surface area contributed by atoms with Crippen LogP contribution in [0.1, 0.15) is 10.6 Å². The summed E-state index contributed by atoms with van der Waals surface area (Å²) in [5.74, 6) is 0.888. The SMILES string of the molecule is CNc1cnc(Cc2ccc(OC)cc2)s1.Cl. The molecule has 92 valence electrons. The van der Waals surface area contributed by atoms with E-state index in [4.69, 9.17) is 4.74 Å². The zero-order chi connectivity index (χ0) is 11.4. The lowest BCUT2D eigenvalue weighted by Gasteiger charge is -2.01. The highest BCUT2D eigenvalue weighted by atomic mass is 35.5. The van der Waals surface area contributed by atoms with Gasteiger partial charge in [0.05, 0.1) is 18.3 Å². The number of aromatic nitrogens is 1. The fraction of sp³-hybridized carbons (Fsp3) is 0.250. The lowest BCUT2D eigenvalue weighted by molar-refractivity contribution is 0.414. The van der Waals surface area contributed by atoms with Crippen LogP contribution < -0.4 is 10.1 Å². The zero-order valence-corrected chi connectivity index (χ0v) is 11.4. The summed E-state index contributed by atoms with van der Waals surface area (Å²) in [5.41, 5.74) is 1.25. The number of anilines is 1. The maximum Gasteiger partial charge on any atom is 0.118 e. The first kappa shape index (κ1) is 13.8. The minimum atomic E-state index is 0. The molecule has 0 unspecified atom stereocenters. The van der Waals surface area contributed by atoms with Gasteiger partial charge in [0, 0.05) is 13.5 Å². The van der Waals surface area contributed by atoms with Crippen molar-refractivity contribution in [3.8, 4) is 5.75 Å². The van der Waals surface area contributed by atoms with Crippen LogP contribution in [-0.2, 0) is 6.42 Å². The fourth-order valence-corrected chi connectivity index (χ4v) is 2.23. The van der Waals surface area contributed by atoms with Crippen molar-refractivity contribution in [3.63, 3.8) is 0 Å². The number of benzene rings is 1. The molecule has 1 aromatic heterocycles. The van der Waals surface area contributed by atoms with E-state index < -0.39 is 0 Å². The van der Waals surface area contributed by atoms with Crippen molar-refractivity contribution in [1.82, 2.24) is 4.98 Å². The Labute approximate surface area is 111 Å². The number of nitrogens with one attached hydrogen (secondary N) is 1. The Bertz CT molecular complexity index is 456. The molecule has 0 atom stereocenters. The van der Waals surface area contributed by atoms with Crippen LogP contribution in [0, 0.1) is 0 Å². The molecule has 0 aliphatic rings. The number of halogens is 1. The van der Waals surface area contributed by atoms with Crippen molar-refractivity contribution in [2.75, 3.05) is 19.5 Å². The maximum absolute atomic E-state index is 5.12. The molecule has 1 heterocycles. The highest BCUT2D eigenvalue weighted by Crippen LogP contribution is 2.21. The quantitative estimate of drug-likeness (QED) is 0.926. The van der Waals surface area contributed by atoms with Gasteiger partial charge in [-0.1, -0.05) is 12.1 Å². The number of methoxy groups -OCH3 is 1. The third-order valence-electron chi connectivity index (χ3n) is 2.31. The van der Waals surface area contributed by atoms with Crippen LogP contribution in [0.5, 0.6) is 5.75 Å². The van der Waals surface area contributed by atoms with Crippen LogP contribution in [0.4, 0.5) is 5.00 Å². The lowest BCUT2D eigenvalue weighted by Crippen LogP contribution is -1.87. The van der Waals surface area contributed by atoms with E-state index in [1.807, 2.05) is 25.4 Å². The minimum absolute atomic E-state index is 0. The van der Waals surface area contributed by atoms with Gasteiger partial charge in [-0.05, 0) is 17.7 Å². The molecule has 2 aromatic rings. The summed E-state index contributed by atoms with van der Waals surface area (Å²) in [4.78, 5) is 4.35. The molecule has 2 rings (SSSR count). The normalized spacial score (nSPS) is 9.53. The number of nitrogens with zero attached hydrogens (tertiary/aromatic N) is 1. The summed E-state index contributed by atoms with van der Waals surface area (Å²) < 4.78 is 5.12. The predicted octanol–water partition coefficient (Wildman–Crippen LogP) is 3.21. The fourth-order valence-electron chi connectivity index (χ4n) is 1.43. The Morgan fingerprint density at radius 3 is 2.53 bits per heavy atom. The van der Waals surface area contributed by atoms with E-state index >= 15 is 0 Å². The summed E-state index contributed by atoms with van der Waals surface area (Å²) in [6.07, 6.45) is 2.74. The first-order chi connectivity index (χ1) is 7.81. The first-order valence-corrected chi connectivity index (χ1v) is 5.89. The van der Waals surface area contributed by atoms with Crippen molar-refractivity contribution >= 4 is 28.7 Å². The summed E-state index contributed by atoms with van der Waals surface area (Å²) >= 11 is 1.68. The average Bonchev–Trinajstić information content (AvgIpc) is 2.78. The Balaban J connectivity index is 0.00000144.